The summed E-state index contributed by atoms with van der Waals surface area (Å²) in [6.45, 7) is 1.84. The molecule has 0 aliphatic carbocycles. The summed E-state index contributed by atoms with van der Waals surface area (Å²) >= 11 is 11.9. The fourth-order valence-corrected chi connectivity index (χ4v) is 2.97. The summed E-state index contributed by atoms with van der Waals surface area (Å²) in [7, 11) is 0. The van der Waals surface area contributed by atoms with E-state index in [1.165, 1.54) is 18.2 Å². The minimum absolute atomic E-state index is 0.0588. The lowest BCUT2D eigenvalue weighted by atomic mass is 10.1. The molecule has 0 saturated heterocycles. The molecule has 0 saturated carbocycles. The number of hydrogen-bond acceptors (Lipinski definition) is 4. The molecule has 0 fully saturated rings. The summed E-state index contributed by atoms with van der Waals surface area (Å²) in [5.74, 6) is -1.16. The van der Waals surface area contributed by atoms with E-state index in [-0.39, 0.29) is 21.9 Å². The molecular formula is C22H14Cl2N2O4. The number of furan rings is 1. The van der Waals surface area contributed by atoms with Gasteiger partial charge in [0.15, 0.2) is 0 Å². The Morgan fingerprint density at radius 2 is 1.87 bits per heavy atom. The van der Waals surface area contributed by atoms with E-state index in [0.717, 1.165) is 5.56 Å². The molecular weight excluding hydrogens is 427 g/mol. The average Bonchev–Trinajstić information content (AvgIpc) is 3.17. The van der Waals surface area contributed by atoms with Crippen LogP contribution in [-0.4, -0.2) is 17.0 Å². The maximum absolute atomic E-state index is 12.4. The molecule has 8 heteroatoms. The van der Waals surface area contributed by atoms with Crippen LogP contribution in [0.1, 0.15) is 21.7 Å². The van der Waals surface area contributed by atoms with Crippen LogP contribution in [0.4, 0.5) is 5.69 Å². The van der Waals surface area contributed by atoms with E-state index in [4.69, 9.17) is 27.6 Å². The van der Waals surface area contributed by atoms with Gasteiger partial charge in [-0.25, -0.2) is 4.79 Å². The maximum Gasteiger partial charge on any atom is 0.337 e. The fourth-order valence-electron chi connectivity index (χ4n) is 2.59. The Hall–Kier alpha value is -3.53. The minimum atomic E-state index is -1.16. The highest BCUT2D eigenvalue weighted by Crippen LogP contribution is 2.28. The van der Waals surface area contributed by atoms with Gasteiger partial charge in [0, 0.05) is 22.3 Å². The first-order valence-electron chi connectivity index (χ1n) is 8.61. The van der Waals surface area contributed by atoms with Crippen LogP contribution in [0.3, 0.4) is 0 Å². The van der Waals surface area contributed by atoms with Gasteiger partial charge in [-0.15, -0.1) is 0 Å². The smallest absolute Gasteiger partial charge is 0.337 e. The van der Waals surface area contributed by atoms with Crippen molar-refractivity contribution in [2.45, 2.75) is 6.92 Å². The highest BCUT2D eigenvalue weighted by Gasteiger charge is 2.14. The molecule has 0 spiro atoms. The Morgan fingerprint density at radius 3 is 2.53 bits per heavy atom. The van der Waals surface area contributed by atoms with E-state index in [2.05, 4.69) is 5.32 Å². The summed E-state index contributed by atoms with van der Waals surface area (Å²) in [6.07, 6.45) is 1.29. The van der Waals surface area contributed by atoms with E-state index in [1.807, 2.05) is 13.0 Å². The van der Waals surface area contributed by atoms with Gasteiger partial charge in [-0.1, -0.05) is 29.3 Å². The zero-order valence-corrected chi connectivity index (χ0v) is 17.1. The number of aromatic carboxylic acids is 1. The van der Waals surface area contributed by atoms with Crippen LogP contribution in [0.15, 0.2) is 58.5 Å². The summed E-state index contributed by atoms with van der Waals surface area (Å²) in [4.78, 5) is 23.7. The summed E-state index contributed by atoms with van der Waals surface area (Å²) in [6, 6.07) is 14.5. The van der Waals surface area contributed by atoms with Crippen LogP contribution in [-0.2, 0) is 4.79 Å². The fraction of sp³-hybridized carbons (Fsp3) is 0.0455. The Kier molecular flexibility index (Phi) is 6.26. The standard InChI is InChI=1S/C22H14Cl2N2O4/c1-12-2-4-15(10-19(12)24)26-21(27)14(11-25)8-16-5-7-20(30-16)13-3-6-18(23)17(9-13)22(28)29/h2-10H,1H3,(H,26,27)(H,28,29)/b14-8+. The molecule has 2 aromatic carbocycles. The molecule has 150 valence electrons. The van der Waals surface area contributed by atoms with Crippen molar-refractivity contribution in [3.05, 3.63) is 81.0 Å². The van der Waals surface area contributed by atoms with Gasteiger partial charge in [-0.05, 0) is 55.0 Å². The predicted octanol–water partition coefficient (Wildman–Crippen LogP) is 5.81. The van der Waals surface area contributed by atoms with Crippen molar-refractivity contribution < 1.29 is 19.1 Å². The van der Waals surface area contributed by atoms with Gasteiger partial charge in [-0.3, -0.25) is 4.79 Å². The topological polar surface area (TPSA) is 103 Å². The van der Waals surface area contributed by atoms with Crippen molar-refractivity contribution in [3.8, 4) is 17.4 Å². The number of nitrogens with one attached hydrogen (secondary N) is 1. The van der Waals surface area contributed by atoms with Gasteiger partial charge in [0.25, 0.3) is 5.91 Å². The number of carboxylic acids is 1. The third-order valence-corrected chi connectivity index (χ3v) is 4.93. The Bertz CT molecular complexity index is 1220. The molecule has 0 aliphatic heterocycles. The number of aryl methyl sites for hydroxylation is 1. The molecule has 1 amide bonds. The van der Waals surface area contributed by atoms with Gasteiger partial charge in [0.1, 0.15) is 23.2 Å². The Balaban J connectivity index is 1.84. The van der Waals surface area contributed by atoms with E-state index >= 15 is 0 Å². The van der Waals surface area contributed by atoms with Gasteiger partial charge >= 0.3 is 5.97 Å². The van der Waals surface area contributed by atoms with Crippen LogP contribution < -0.4 is 5.32 Å². The van der Waals surface area contributed by atoms with E-state index in [9.17, 15) is 20.0 Å². The largest absolute Gasteiger partial charge is 0.478 e. The molecule has 0 bridgehead atoms. The first-order valence-corrected chi connectivity index (χ1v) is 9.36. The van der Waals surface area contributed by atoms with E-state index in [0.29, 0.717) is 22.0 Å². The zero-order valence-electron chi connectivity index (χ0n) is 15.6. The highest BCUT2D eigenvalue weighted by atomic mass is 35.5. The monoisotopic (exact) mass is 440 g/mol. The van der Waals surface area contributed by atoms with Crippen molar-refractivity contribution in [2.75, 3.05) is 5.32 Å². The molecule has 0 atom stereocenters. The molecule has 0 radical (unpaired) electrons. The van der Waals surface area contributed by atoms with E-state index in [1.54, 1.807) is 36.4 Å². The number of amides is 1. The molecule has 3 rings (SSSR count). The normalized spacial score (nSPS) is 11.1. The predicted molar refractivity (Wildman–Crippen MR) is 115 cm³/mol. The van der Waals surface area contributed by atoms with Crippen LogP contribution in [0.2, 0.25) is 10.0 Å². The molecule has 3 aromatic rings. The Labute approximate surface area is 182 Å². The molecule has 6 nitrogen and oxygen atoms in total. The lowest BCUT2D eigenvalue weighted by Gasteiger charge is -2.06. The first-order chi connectivity index (χ1) is 14.3. The third kappa shape index (κ3) is 4.71. The lowest BCUT2D eigenvalue weighted by molar-refractivity contribution is -0.112. The lowest BCUT2D eigenvalue weighted by Crippen LogP contribution is -2.13. The second-order valence-corrected chi connectivity index (χ2v) is 7.10. The van der Waals surface area contributed by atoms with Crippen LogP contribution in [0.25, 0.3) is 17.4 Å². The van der Waals surface area contributed by atoms with Crippen molar-refractivity contribution in [2.24, 2.45) is 0 Å². The van der Waals surface area contributed by atoms with Crippen molar-refractivity contribution in [1.82, 2.24) is 0 Å². The van der Waals surface area contributed by atoms with Crippen molar-refractivity contribution >= 4 is 46.8 Å². The molecule has 0 aliphatic rings. The maximum atomic E-state index is 12.4. The van der Waals surface area contributed by atoms with Gasteiger partial charge in [0.05, 0.1) is 10.6 Å². The van der Waals surface area contributed by atoms with E-state index < -0.39 is 11.9 Å². The highest BCUT2D eigenvalue weighted by molar-refractivity contribution is 6.33. The summed E-state index contributed by atoms with van der Waals surface area (Å²) in [5, 5.41) is 21.8. The second kappa shape index (κ2) is 8.87. The summed E-state index contributed by atoms with van der Waals surface area (Å²) < 4.78 is 5.65. The Morgan fingerprint density at radius 1 is 1.10 bits per heavy atom. The molecule has 0 unspecified atom stereocenters. The average molecular weight is 441 g/mol. The number of halogens is 2. The quantitative estimate of drug-likeness (QED) is 0.385. The summed E-state index contributed by atoms with van der Waals surface area (Å²) in [5.41, 5.74) is 1.58. The van der Waals surface area contributed by atoms with Gasteiger partial charge in [-0.2, -0.15) is 5.26 Å². The zero-order chi connectivity index (χ0) is 21.8. The van der Waals surface area contributed by atoms with Crippen molar-refractivity contribution in [1.29, 1.82) is 5.26 Å². The van der Waals surface area contributed by atoms with Gasteiger partial charge < -0.3 is 14.8 Å². The minimum Gasteiger partial charge on any atom is -0.478 e. The van der Waals surface area contributed by atoms with Crippen LogP contribution >= 0.6 is 23.2 Å². The molecule has 2 N–H and O–H groups in total. The second-order valence-electron chi connectivity index (χ2n) is 6.29. The number of anilines is 1. The number of nitrogens with zero attached hydrogens (tertiary/aromatic N) is 1. The first kappa shape index (κ1) is 21.2. The third-order valence-electron chi connectivity index (χ3n) is 4.19. The number of nitriles is 1. The number of carbonyl (C=O) groups excluding carboxylic acids is 1. The SMILES string of the molecule is Cc1ccc(NC(=O)/C(C#N)=C/c2ccc(-c3ccc(Cl)c(C(=O)O)c3)o2)cc1Cl. The number of benzene rings is 2. The number of carbonyl (C=O) groups is 2. The number of hydrogen-bond donors (Lipinski definition) is 2. The van der Waals surface area contributed by atoms with Crippen LogP contribution in [0, 0.1) is 18.3 Å². The number of carboxylic acid groups (broad SMARTS) is 1. The van der Waals surface area contributed by atoms with Crippen molar-refractivity contribution in [3.63, 3.8) is 0 Å². The van der Waals surface area contributed by atoms with Crippen LogP contribution in [0.5, 0.6) is 0 Å². The van der Waals surface area contributed by atoms with Gasteiger partial charge in [0.2, 0.25) is 0 Å². The molecule has 1 aromatic heterocycles. The number of rotatable bonds is 5. The molecule has 1 heterocycles. The molecule has 30 heavy (non-hydrogen) atoms.